The molecule has 1 fully saturated rings. The van der Waals surface area contributed by atoms with Crippen LogP contribution in [-0.4, -0.2) is 49.9 Å². The van der Waals surface area contributed by atoms with Crippen LogP contribution in [0.25, 0.3) is 0 Å². The molecule has 126 valence electrons. The van der Waals surface area contributed by atoms with Gasteiger partial charge in [-0.3, -0.25) is 9.78 Å². The molecule has 0 spiro atoms. The normalized spacial score (nSPS) is 15.8. The van der Waals surface area contributed by atoms with Gasteiger partial charge in [0.1, 0.15) is 0 Å². The van der Waals surface area contributed by atoms with Gasteiger partial charge >= 0.3 is 0 Å². The molecule has 7 nitrogen and oxygen atoms in total. The molecule has 0 saturated carbocycles. The van der Waals surface area contributed by atoms with Crippen LogP contribution in [0.15, 0.2) is 53.7 Å². The summed E-state index contributed by atoms with van der Waals surface area (Å²) in [5.74, 6) is -0.277. The first kappa shape index (κ1) is 16.6. The number of sulfonamides is 1. The number of benzene rings is 1. The molecule has 1 aliphatic rings. The van der Waals surface area contributed by atoms with Gasteiger partial charge in [-0.05, 0) is 36.4 Å². The third-order valence-corrected chi connectivity index (χ3v) is 5.58. The van der Waals surface area contributed by atoms with E-state index in [0.29, 0.717) is 37.6 Å². The first-order valence-electron chi connectivity index (χ1n) is 7.47. The second-order valence-corrected chi connectivity index (χ2v) is 7.17. The number of hydrogen-bond acceptors (Lipinski definition) is 5. The maximum Gasteiger partial charge on any atom is 0.255 e. The van der Waals surface area contributed by atoms with Gasteiger partial charge in [-0.1, -0.05) is 0 Å². The highest BCUT2D eigenvalue weighted by atomic mass is 32.2. The second kappa shape index (κ2) is 7.08. The van der Waals surface area contributed by atoms with Crippen LogP contribution >= 0.6 is 0 Å². The predicted molar refractivity (Wildman–Crippen MR) is 88.2 cm³/mol. The molecule has 0 radical (unpaired) electrons. The van der Waals surface area contributed by atoms with Gasteiger partial charge in [0, 0.05) is 36.7 Å². The van der Waals surface area contributed by atoms with E-state index in [-0.39, 0.29) is 10.8 Å². The molecular formula is C16H17N3O4S. The van der Waals surface area contributed by atoms with E-state index >= 15 is 0 Å². The van der Waals surface area contributed by atoms with Gasteiger partial charge in [0.05, 0.1) is 18.1 Å². The van der Waals surface area contributed by atoms with Gasteiger partial charge in [0.15, 0.2) is 0 Å². The third-order valence-electron chi connectivity index (χ3n) is 3.66. The summed E-state index contributed by atoms with van der Waals surface area (Å²) in [6.07, 6.45) is 3.07. The van der Waals surface area contributed by atoms with Gasteiger partial charge in [0.2, 0.25) is 10.0 Å². The molecular weight excluding hydrogens is 330 g/mol. The van der Waals surface area contributed by atoms with Gasteiger partial charge in [-0.15, -0.1) is 0 Å². The summed E-state index contributed by atoms with van der Waals surface area (Å²) in [5, 5.41) is 2.72. The second-order valence-electron chi connectivity index (χ2n) is 5.23. The average Bonchev–Trinajstić information content (AvgIpc) is 2.63. The van der Waals surface area contributed by atoms with Crippen LogP contribution in [0.3, 0.4) is 0 Å². The highest BCUT2D eigenvalue weighted by molar-refractivity contribution is 7.89. The lowest BCUT2D eigenvalue weighted by Gasteiger charge is -2.26. The molecule has 1 aliphatic heterocycles. The van der Waals surface area contributed by atoms with Gasteiger partial charge in [0.25, 0.3) is 5.91 Å². The first-order chi connectivity index (χ1) is 11.6. The molecule has 1 aromatic carbocycles. The molecule has 1 aromatic heterocycles. The van der Waals surface area contributed by atoms with E-state index in [4.69, 9.17) is 4.74 Å². The van der Waals surface area contributed by atoms with E-state index in [1.807, 2.05) is 0 Å². The van der Waals surface area contributed by atoms with E-state index < -0.39 is 10.0 Å². The largest absolute Gasteiger partial charge is 0.379 e. The van der Waals surface area contributed by atoms with Crippen molar-refractivity contribution in [2.45, 2.75) is 4.90 Å². The van der Waals surface area contributed by atoms with Crippen molar-refractivity contribution in [3.05, 3.63) is 54.4 Å². The van der Waals surface area contributed by atoms with E-state index in [1.54, 1.807) is 24.3 Å². The predicted octanol–water partition coefficient (Wildman–Crippen LogP) is 1.35. The Morgan fingerprint density at radius 1 is 1.04 bits per heavy atom. The van der Waals surface area contributed by atoms with E-state index in [2.05, 4.69) is 10.3 Å². The lowest BCUT2D eigenvalue weighted by Crippen LogP contribution is -2.40. The molecule has 0 aliphatic carbocycles. The summed E-state index contributed by atoms with van der Waals surface area (Å²) in [6.45, 7) is 1.50. The Kier molecular flexibility index (Phi) is 4.89. The van der Waals surface area contributed by atoms with Crippen molar-refractivity contribution in [2.75, 3.05) is 31.6 Å². The smallest absolute Gasteiger partial charge is 0.255 e. The fraction of sp³-hybridized carbons (Fsp3) is 0.250. The van der Waals surface area contributed by atoms with Gasteiger partial charge in [-0.25, -0.2) is 8.42 Å². The van der Waals surface area contributed by atoms with Gasteiger partial charge in [-0.2, -0.15) is 4.31 Å². The quantitative estimate of drug-likeness (QED) is 0.902. The Labute approximate surface area is 140 Å². The summed E-state index contributed by atoms with van der Waals surface area (Å²) in [4.78, 5) is 16.1. The molecule has 1 amide bonds. The molecule has 1 N–H and O–H groups in total. The Morgan fingerprint density at radius 2 is 1.67 bits per heavy atom. The minimum Gasteiger partial charge on any atom is -0.379 e. The van der Waals surface area contributed by atoms with Crippen molar-refractivity contribution < 1.29 is 17.9 Å². The number of rotatable bonds is 4. The Balaban J connectivity index is 1.72. The number of amides is 1. The number of ether oxygens (including phenoxy) is 1. The molecule has 0 bridgehead atoms. The van der Waals surface area contributed by atoms with Crippen molar-refractivity contribution in [1.82, 2.24) is 9.29 Å². The van der Waals surface area contributed by atoms with Crippen LogP contribution in [0.2, 0.25) is 0 Å². The van der Waals surface area contributed by atoms with Crippen LogP contribution in [-0.2, 0) is 14.8 Å². The zero-order valence-corrected chi connectivity index (χ0v) is 13.7. The number of morpholine rings is 1. The number of anilines is 1. The number of nitrogens with one attached hydrogen (secondary N) is 1. The van der Waals surface area contributed by atoms with Crippen molar-refractivity contribution in [3.8, 4) is 0 Å². The van der Waals surface area contributed by atoms with E-state index in [0.717, 1.165) is 0 Å². The van der Waals surface area contributed by atoms with Gasteiger partial charge < -0.3 is 10.1 Å². The van der Waals surface area contributed by atoms with Crippen LogP contribution in [0, 0.1) is 0 Å². The standard InChI is InChI=1S/C16H17N3O4S/c20-16(13-5-7-17-8-6-13)18-14-1-3-15(4-2-14)24(21,22)19-9-11-23-12-10-19/h1-8H,9-12H2,(H,18,20). The lowest BCUT2D eigenvalue weighted by atomic mass is 10.2. The monoisotopic (exact) mass is 347 g/mol. The van der Waals surface area contributed by atoms with Crippen LogP contribution in [0.4, 0.5) is 5.69 Å². The van der Waals surface area contributed by atoms with Crippen molar-refractivity contribution in [3.63, 3.8) is 0 Å². The highest BCUT2D eigenvalue weighted by Crippen LogP contribution is 2.19. The van der Waals surface area contributed by atoms with E-state index in [1.165, 1.54) is 28.8 Å². The topological polar surface area (TPSA) is 88.6 Å². The summed E-state index contributed by atoms with van der Waals surface area (Å²) in [7, 11) is -3.53. The van der Waals surface area contributed by atoms with E-state index in [9.17, 15) is 13.2 Å². The van der Waals surface area contributed by atoms with Crippen molar-refractivity contribution in [2.24, 2.45) is 0 Å². The zero-order valence-electron chi connectivity index (χ0n) is 12.9. The SMILES string of the molecule is O=C(Nc1ccc(S(=O)(=O)N2CCOCC2)cc1)c1ccncc1. The molecule has 2 heterocycles. The number of carbonyl (C=O) groups is 1. The van der Waals surface area contributed by atoms with Crippen molar-refractivity contribution >= 4 is 21.6 Å². The van der Waals surface area contributed by atoms with Crippen LogP contribution < -0.4 is 5.32 Å². The average molecular weight is 347 g/mol. The Bertz CT molecular complexity index is 801. The summed E-state index contributed by atoms with van der Waals surface area (Å²) < 4.78 is 31.6. The number of pyridine rings is 1. The van der Waals surface area contributed by atoms with Crippen LogP contribution in [0.1, 0.15) is 10.4 Å². The number of aromatic nitrogens is 1. The number of carbonyl (C=O) groups excluding carboxylic acids is 1. The highest BCUT2D eigenvalue weighted by Gasteiger charge is 2.26. The maximum absolute atomic E-state index is 12.5. The minimum atomic E-state index is -3.53. The molecule has 8 heteroatoms. The first-order valence-corrected chi connectivity index (χ1v) is 8.91. The Hall–Kier alpha value is -2.29. The maximum atomic E-state index is 12.5. The molecule has 0 unspecified atom stereocenters. The third kappa shape index (κ3) is 3.61. The van der Waals surface area contributed by atoms with Crippen LogP contribution in [0.5, 0.6) is 0 Å². The summed E-state index contributed by atoms with van der Waals surface area (Å²) in [5.41, 5.74) is 1.01. The zero-order chi connectivity index (χ0) is 17.0. The number of hydrogen-bond donors (Lipinski definition) is 1. The van der Waals surface area contributed by atoms with Crippen molar-refractivity contribution in [1.29, 1.82) is 0 Å². The minimum absolute atomic E-state index is 0.200. The fourth-order valence-corrected chi connectivity index (χ4v) is 3.76. The lowest BCUT2D eigenvalue weighted by molar-refractivity contribution is 0.0730. The summed E-state index contributed by atoms with van der Waals surface area (Å²) >= 11 is 0. The molecule has 1 saturated heterocycles. The molecule has 24 heavy (non-hydrogen) atoms. The fourth-order valence-electron chi connectivity index (χ4n) is 2.35. The number of nitrogens with zero attached hydrogens (tertiary/aromatic N) is 2. The molecule has 3 rings (SSSR count). The molecule has 2 aromatic rings. The molecule has 0 atom stereocenters. The summed E-state index contributed by atoms with van der Waals surface area (Å²) in [6, 6.07) is 9.35. The Morgan fingerprint density at radius 3 is 2.29 bits per heavy atom.